The number of nitrogens with two attached hydrogens (primary N) is 1. The van der Waals surface area contributed by atoms with Crippen molar-refractivity contribution in [1.82, 2.24) is 0 Å². The van der Waals surface area contributed by atoms with Crippen molar-refractivity contribution >= 4 is 11.6 Å². The van der Waals surface area contributed by atoms with Gasteiger partial charge in [0.15, 0.2) is 0 Å². The van der Waals surface area contributed by atoms with Crippen molar-refractivity contribution in [2.24, 2.45) is 5.73 Å². The smallest absolute Gasteiger partial charge is 0.225 e. The maximum Gasteiger partial charge on any atom is 0.225 e. The van der Waals surface area contributed by atoms with Gasteiger partial charge in [-0.2, -0.15) is 0 Å². The van der Waals surface area contributed by atoms with Crippen LogP contribution < -0.4 is 15.8 Å². The summed E-state index contributed by atoms with van der Waals surface area (Å²) in [7, 11) is 1.64. The summed E-state index contributed by atoms with van der Waals surface area (Å²) < 4.78 is 5.22. The lowest BCUT2D eigenvalue weighted by molar-refractivity contribution is -0.116. The minimum absolute atomic E-state index is 0.0623. The SMILES string of the molecule is COc1ccc(NC(=O)CC(C)N)c(C)c1C. The highest BCUT2D eigenvalue weighted by atomic mass is 16.5. The topological polar surface area (TPSA) is 64.3 Å². The maximum atomic E-state index is 11.6. The number of ether oxygens (including phenoxy) is 1. The highest BCUT2D eigenvalue weighted by Crippen LogP contribution is 2.27. The molecular weight excluding hydrogens is 216 g/mol. The first-order valence-electron chi connectivity index (χ1n) is 5.65. The molecule has 0 saturated carbocycles. The predicted octanol–water partition coefficient (Wildman–Crippen LogP) is 1.99. The number of anilines is 1. The van der Waals surface area contributed by atoms with Gasteiger partial charge in [0.05, 0.1) is 7.11 Å². The van der Waals surface area contributed by atoms with Gasteiger partial charge in [-0.1, -0.05) is 0 Å². The molecule has 94 valence electrons. The van der Waals surface area contributed by atoms with Crippen LogP contribution in [0, 0.1) is 13.8 Å². The predicted molar refractivity (Wildman–Crippen MR) is 69.4 cm³/mol. The number of carbonyl (C=O) groups excluding carboxylic acids is 1. The van der Waals surface area contributed by atoms with Crippen LogP contribution in [0.3, 0.4) is 0 Å². The maximum absolute atomic E-state index is 11.6. The van der Waals surface area contributed by atoms with Crippen LogP contribution in [0.1, 0.15) is 24.5 Å². The van der Waals surface area contributed by atoms with E-state index in [1.54, 1.807) is 7.11 Å². The van der Waals surface area contributed by atoms with E-state index in [0.717, 1.165) is 22.6 Å². The Labute approximate surface area is 102 Å². The second-order valence-corrected chi connectivity index (χ2v) is 4.29. The van der Waals surface area contributed by atoms with E-state index < -0.39 is 0 Å². The fraction of sp³-hybridized carbons (Fsp3) is 0.462. The normalized spacial score (nSPS) is 12.1. The standard InChI is InChI=1S/C13H20N2O2/c1-8(14)7-13(16)15-11-5-6-12(17-4)10(3)9(11)2/h5-6,8H,7,14H2,1-4H3,(H,15,16). The van der Waals surface area contributed by atoms with E-state index in [1.807, 2.05) is 32.9 Å². The van der Waals surface area contributed by atoms with Crippen molar-refractivity contribution in [1.29, 1.82) is 0 Å². The average molecular weight is 236 g/mol. The first-order valence-corrected chi connectivity index (χ1v) is 5.65. The fourth-order valence-electron chi connectivity index (χ4n) is 1.65. The van der Waals surface area contributed by atoms with Crippen LogP contribution in [0.5, 0.6) is 5.75 Å². The summed E-state index contributed by atoms with van der Waals surface area (Å²) in [5, 5.41) is 2.86. The average Bonchev–Trinajstić information content (AvgIpc) is 2.24. The van der Waals surface area contributed by atoms with Gasteiger partial charge in [-0.15, -0.1) is 0 Å². The lowest BCUT2D eigenvalue weighted by Crippen LogP contribution is -2.24. The van der Waals surface area contributed by atoms with Gasteiger partial charge in [-0.25, -0.2) is 0 Å². The molecule has 4 heteroatoms. The highest BCUT2D eigenvalue weighted by molar-refractivity contribution is 5.92. The fourth-order valence-corrected chi connectivity index (χ4v) is 1.65. The van der Waals surface area contributed by atoms with Gasteiger partial charge in [-0.05, 0) is 44.0 Å². The zero-order valence-electron chi connectivity index (χ0n) is 10.8. The third-order valence-electron chi connectivity index (χ3n) is 2.74. The van der Waals surface area contributed by atoms with Crippen LogP contribution in [-0.2, 0) is 4.79 Å². The van der Waals surface area contributed by atoms with Crippen molar-refractivity contribution in [3.05, 3.63) is 23.3 Å². The van der Waals surface area contributed by atoms with Gasteiger partial charge < -0.3 is 15.8 Å². The molecule has 0 radical (unpaired) electrons. The molecule has 1 aromatic rings. The number of rotatable bonds is 4. The Balaban J connectivity index is 2.86. The minimum atomic E-state index is -0.130. The Morgan fingerprint density at radius 3 is 2.59 bits per heavy atom. The molecule has 17 heavy (non-hydrogen) atoms. The largest absolute Gasteiger partial charge is 0.496 e. The van der Waals surface area contributed by atoms with Gasteiger partial charge >= 0.3 is 0 Å². The third kappa shape index (κ3) is 3.46. The monoisotopic (exact) mass is 236 g/mol. The molecule has 0 aliphatic rings. The Hall–Kier alpha value is -1.55. The molecular formula is C13H20N2O2. The first-order chi connectivity index (χ1) is 7.95. The van der Waals surface area contributed by atoms with Gasteiger partial charge in [0, 0.05) is 18.2 Å². The van der Waals surface area contributed by atoms with Crippen LogP contribution in [0.25, 0.3) is 0 Å². The molecule has 1 aromatic carbocycles. The quantitative estimate of drug-likeness (QED) is 0.840. The summed E-state index contributed by atoms with van der Waals surface area (Å²) in [6.45, 7) is 5.74. The number of hydrogen-bond acceptors (Lipinski definition) is 3. The molecule has 1 amide bonds. The summed E-state index contributed by atoms with van der Waals surface area (Å²) in [4.78, 5) is 11.6. The van der Waals surface area contributed by atoms with Crippen LogP contribution in [-0.4, -0.2) is 19.1 Å². The molecule has 1 unspecified atom stereocenters. The number of amides is 1. The second-order valence-electron chi connectivity index (χ2n) is 4.29. The van der Waals surface area contributed by atoms with Crippen molar-refractivity contribution in [2.45, 2.75) is 33.2 Å². The summed E-state index contributed by atoms with van der Waals surface area (Å²) in [6.07, 6.45) is 0.324. The molecule has 0 spiro atoms. The molecule has 0 saturated heterocycles. The van der Waals surface area contributed by atoms with E-state index in [0.29, 0.717) is 6.42 Å². The van der Waals surface area contributed by atoms with E-state index in [-0.39, 0.29) is 11.9 Å². The van der Waals surface area contributed by atoms with Crippen LogP contribution in [0.2, 0.25) is 0 Å². The van der Waals surface area contributed by atoms with Crippen LogP contribution in [0.4, 0.5) is 5.69 Å². The number of hydrogen-bond donors (Lipinski definition) is 2. The Morgan fingerprint density at radius 2 is 2.06 bits per heavy atom. The van der Waals surface area contributed by atoms with Crippen LogP contribution in [0.15, 0.2) is 12.1 Å². The van der Waals surface area contributed by atoms with E-state index >= 15 is 0 Å². The first kappa shape index (κ1) is 13.5. The van der Waals surface area contributed by atoms with E-state index in [2.05, 4.69) is 5.32 Å². The van der Waals surface area contributed by atoms with Crippen LogP contribution >= 0.6 is 0 Å². The molecule has 4 nitrogen and oxygen atoms in total. The molecule has 0 bridgehead atoms. The van der Waals surface area contributed by atoms with Crippen molar-refractivity contribution in [3.63, 3.8) is 0 Å². The Kier molecular flexibility index (Phi) is 4.52. The highest BCUT2D eigenvalue weighted by Gasteiger charge is 2.10. The van der Waals surface area contributed by atoms with Gasteiger partial charge in [-0.3, -0.25) is 4.79 Å². The summed E-state index contributed by atoms with van der Waals surface area (Å²) in [5.74, 6) is 0.764. The summed E-state index contributed by atoms with van der Waals surface area (Å²) >= 11 is 0. The molecule has 3 N–H and O–H groups in total. The third-order valence-corrected chi connectivity index (χ3v) is 2.74. The number of carbonyl (C=O) groups is 1. The minimum Gasteiger partial charge on any atom is -0.496 e. The molecule has 0 aliphatic carbocycles. The lowest BCUT2D eigenvalue weighted by atomic mass is 10.1. The number of benzene rings is 1. The zero-order chi connectivity index (χ0) is 13.0. The molecule has 0 heterocycles. The van der Waals surface area contributed by atoms with Gasteiger partial charge in [0.2, 0.25) is 5.91 Å². The molecule has 1 atom stereocenters. The number of methoxy groups -OCH3 is 1. The van der Waals surface area contributed by atoms with E-state index in [1.165, 1.54) is 0 Å². The van der Waals surface area contributed by atoms with Crippen molar-refractivity contribution < 1.29 is 9.53 Å². The zero-order valence-corrected chi connectivity index (χ0v) is 10.8. The second kappa shape index (κ2) is 5.68. The van der Waals surface area contributed by atoms with Gasteiger partial charge in [0.1, 0.15) is 5.75 Å². The Morgan fingerprint density at radius 1 is 1.41 bits per heavy atom. The lowest BCUT2D eigenvalue weighted by Gasteiger charge is -2.14. The molecule has 0 aliphatic heterocycles. The Bertz CT molecular complexity index is 414. The van der Waals surface area contributed by atoms with Gasteiger partial charge in [0.25, 0.3) is 0 Å². The molecule has 0 aromatic heterocycles. The number of nitrogens with one attached hydrogen (secondary N) is 1. The summed E-state index contributed by atoms with van der Waals surface area (Å²) in [5.41, 5.74) is 8.44. The molecule has 0 fully saturated rings. The molecule has 1 rings (SSSR count). The van der Waals surface area contributed by atoms with E-state index in [4.69, 9.17) is 10.5 Å². The summed E-state index contributed by atoms with van der Waals surface area (Å²) in [6, 6.07) is 3.57. The van der Waals surface area contributed by atoms with Crippen molar-refractivity contribution in [2.75, 3.05) is 12.4 Å². The van der Waals surface area contributed by atoms with E-state index in [9.17, 15) is 4.79 Å². The van der Waals surface area contributed by atoms with Crippen molar-refractivity contribution in [3.8, 4) is 5.75 Å².